The molecule has 2 fully saturated rings. The van der Waals surface area contributed by atoms with E-state index in [2.05, 4.69) is 12.2 Å². The number of nitrogens with zero attached hydrogens (tertiary/aromatic N) is 1. The fraction of sp³-hybridized carbons (Fsp3) is 0.529. The first-order valence-corrected chi connectivity index (χ1v) is 7.92. The monoisotopic (exact) mass is 320 g/mol. The van der Waals surface area contributed by atoms with E-state index in [4.69, 9.17) is 4.74 Å². The van der Waals surface area contributed by atoms with E-state index in [1.165, 1.54) is 24.1 Å². The van der Waals surface area contributed by atoms with Crippen molar-refractivity contribution in [2.75, 3.05) is 7.11 Å². The number of nitrogens with one attached hydrogen (secondary N) is 1. The van der Waals surface area contributed by atoms with E-state index in [1.807, 2.05) is 0 Å². The number of imide groups is 1. The van der Waals surface area contributed by atoms with Crippen LogP contribution in [0.2, 0.25) is 0 Å². The van der Waals surface area contributed by atoms with Gasteiger partial charge >= 0.3 is 6.03 Å². The molecule has 0 bridgehead atoms. The van der Waals surface area contributed by atoms with E-state index < -0.39 is 11.4 Å². The maximum atomic E-state index is 13.8. The molecule has 0 atom stereocenters. The molecule has 1 aromatic carbocycles. The van der Waals surface area contributed by atoms with Gasteiger partial charge in [0.15, 0.2) is 11.6 Å². The van der Waals surface area contributed by atoms with Crippen LogP contribution in [0.15, 0.2) is 18.2 Å². The van der Waals surface area contributed by atoms with Gasteiger partial charge in [-0.1, -0.05) is 13.0 Å². The number of benzene rings is 1. The number of rotatable bonds is 3. The summed E-state index contributed by atoms with van der Waals surface area (Å²) in [6, 6.07) is 4.08. The zero-order valence-electron chi connectivity index (χ0n) is 13.4. The van der Waals surface area contributed by atoms with Gasteiger partial charge in [0, 0.05) is 0 Å². The highest BCUT2D eigenvalue weighted by atomic mass is 19.1. The SMILES string of the molecule is COc1ccc(CN2C(=O)NC3(CCC(C)CC3)C2=O)cc1F. The molecule has 1 aliphatic heterocycles. The number of halogens is 1. The number of ether oxygens (including phenoxy) is 1. The average molecular weight is 320 g/mol. The third-order valence-electron chi connectivity index (χ3n) is 4.93. The summed E-state index contributed by atoms with van der Waals surface area (Å²) in [4.78, 5) is 26.2. The fourth-order valence-corrected chi connectivity index (χ4v) is 3.40. The van der Waals surface area contributed by atoms with Crippen LogP contribution in [0, 0.1) is 11.7 Å². The summed E-state index contributed by atoms with van der Waals surface area (Å²) in [6.45, 7) is 2.23. The topological polar surface area (TPSA) is 58.6 Å². The normalized spacial score (nSPS) is 27.4. The number of urea groups is 1. The molecule has 0 radical (unpaired) electrons. The van der Waals surface area contributed by atoms with Crippen LogP contribution in [0.1, 0.15) is 38.2 Å². The van der Waals surface area contributed by atoms with Crippen LogP contribution in [-0.4, -0.2) is 29.5 Å². The van der Waals surface area contributed by atoms with Crippen molar-refractivity contribution in [1.82, 2.24) is 10.2 Å². The van der Waals surface area contributed by atoms with Gasteiger partial charge in [-0.25, -0.2) is 9.18 Å². The molecule has 0 aromatic heterocycles. The number of hydrogen-bond acceptors (Lipinski definition) is 3. The molecule has 124 valence electrons. The second-order valence-electron chi connectivity index (χ2n) is 6.55. The minimum Gasteiger partial charge on any atom is -0.494 e. The summed E-state index contributed by atoms with van der Waals surface area (Å²) in [6.07, 6.45) is 3.20. The number of methoxy groups -OCH3 is 1. The van der Waals surface area contributed by atoms with Crippen molar-refractivity contribution in [3.63, 3.8) is 0 Å². The molecule has 1 aliphatic carbocycles. The minimum absolute atomic E-state index is 0.0723. The van der Waals surface area contributed by atoms with Crippen LogP contribution in [-0.2, 0) is 11.3 Å². The van der Waals surface area contributed by atoms with E-state index in [1.54, 1.807) is 6.07 Å². The van der Waals surface area contributed by atoms with E-state index in [-0.39, 0.29) is 24.2 Å². The lowest BCUT2D eigenvalue weighted by molar-refractivity contribution is -0.133. The number of hydrogen-bond donors (Lipinski definition) is 1. The molecule has 1 spiro atoms. The largest absolute Gasteiger partial charge is 0.494 e. The van der Waals surface area contributed by atoms with Gasteiger partial charge in [0.1, 0.15) is 5.54 Å². The van der Waals surface area contributed by atoms with Crippen molar-refractivity contribution in [2.24, 2.45) is 5.92 Å². The van der Waals surface area contributed by atoms with Crippen molar-refractivity contribution in [2.45, 2.75) is 44.7 Å². The molecule has 3 rings (SSSR count). The maximum Gasteiger partial charge on any atom is 0.325 e. The van der Waals surface area contributed by atoms with Crippen LogP contribution in [0.4, 0.5) is 9.18 Å². The summed E-state index contributed by atoms with van der Waals surface area (Å²) in [5.41, 5.74) is -0.192. The Morgan fingerprint density at radius 3 is 2.65 bits per heavy atom. The van der Waals surface area contributed by atoms with Gasteiger partial charge in [0.2, 0.25) is 0 Å². The Balaban J connectivity index is 1.77. The third-order valence-corrected chi connectivity index (χ3v) is 4.93. The molecule has 5 nitrogen and oxygen atoms in total. The van der Waals surface area contributed by atoms with Gasteiger partial charge in [0.05, 0.1) is 13.7 Å². The molecular weight excluding hydrogens is 299 g/mol. The lowest BCUT2D eigenvalue weighted by Gasteiger charge is -2.33. The lowest BCUT2D eigenvalue weighted by atomic mass is 9.77. The van der Waals surface area contributed by atoms with Gasteiger partial charge < -0.3 is 10.1 Å². The maximum absolute atomic E-state index is 13.8. The number of carbonyl (C=O) groups excluding carboxylic acids is 2. The zero-order chi connectivity index (χ0) is 16.6. The van der Waals surface area contributed by atoms with E-state index in [0.717, 1.165) is 12.8 Å². The molecule has 0 unspecified atom stereocenters. The number of carbonyl (C=O) groups is 2. The number of amides is 3. The molecule has 1 aromatic rings. The smallest absolute Gasteiger partial charge is 0.325 e. The first-order valence-electron chi connectivity index (χ1n) is 7.92. The summed E-state index contributed by atoms with van der Waals surface area (Å²) in [5, 5.41) is 2.87. The Bertz CT molecular complexity index is 639. The predicted molar refractivity (Wildman–Crippen MR) is 82.4 cm³/mol. The highest BCUT2D eigenvalue weighted by Gasteiger charge is 2.51. The Kier molecular flexibility index (Phi) is 4.00. The minimum atomic E-state index is -0.755. The third kappa shape index (κ3) is 2.78. The van der Waals surface area contributed by atoms with Crippen molar-refractivity contribution >= 4 is 11.9 Å². The Morgan fingerprint density at radius 1 is 1.35 bits per heavy atom. The average Bonchev–Trinajstić information content (AvgIpc) is 2.75. The van der Waals surface area contributed by atoms with Crippen molar-refractivity contribution in [3.8, 4) is 5.75 Å². The summed E-state index contributed by atoms with van der Waals surface area (Å²) in [5.74, 6) is 0.0302. The van der Waals surface area contributed by atoms with Crippen molar-refractivity contribution in [1.29, 1.82) is 0 Å². The quantitative estimate of drug-likeness (QED) is 0.871. The van der Waals surface area contributed by atoms with Crippen LogP contribution in [0.3, 0.4) is 0 Å². The first-order chi connectivity index (χ1) is 10.9. The van der Waals surface area contributed by atoms with Gasteiger partial charge in [-0.2, -0.15) is 0 Å². The van der Waals surface area contributed by atoms with Crippen LogP contribution in [0.25, 0.3) is 0 Å². The molecule has 6 heteroatoms. The van der Waals surface area contributed by atoms with Crippen LogP contribution >= 0.6 is 0 Å². The molecule has 1 heterocycles. The van der Waals surface area contributed by atoms with Crippen LogP contribution < -0.4 is 10.1 Å². The Labute approximate surface area is 134 Å². The predicted octanol–water partition coefficient (Wildman–Crippen LogP) is 2.84. The molecule has 23 heavy (non-hydrogen) atoms. The van der Waals surface area contributed by atoms with E-state index in [0.29, 0.717) is 24.3 Å². The lowest BCUT2D eigenvalue weighted by Crippen LogP contribution is -2.49. The Morgan fingerprint density at radius 2 is 2.04 bits per heavy atom. The molecule has 1 N–H and O–H groups in total. The zero-order valence-corrected chi connectivity index (χ0v) is 13.4. The van der Waals surface area contributed by atoms with Gasteiger partial charge in [-0.05, 0) is 49.3 Å². The van der Waals surface area contributed by atoms with Gasteiger partial charge in [-0.3, -0.25) is 9.69 Å². The molecule has 3 amide bonds. The fourth-order valence-electron chi connectivity index (χ4n) is 3.40. The first kappa shape index (κ1) is 15.8. The van der Waals surface area contributed by atoms with Crippen LogP contribution in [0.5, 0.6) is 5.75 Å². The summed E-state index contributed by atoms with van der Waals surface area (Å²) in [7, 11) is 1.39. The highest BCUT2D eigenvalue weighted by Crippen LogP contribution is 2.36. The molecule has 2 aliphatic rings. The molecule has 1 saturated carbocycles. The second-order valence-corrected chi connectivity index (χ2v) is 6.55. The van der Waals surface area contributed by atoms with E-state index >= 15 is 0 Å². The molecular formula is C17H21FN2O3. The van der Waals surface area contributed by atoms with Crippen molar-refractivity contribution < 1.29 is 18.7 Å². The van der Waals surface area contributed by atoms with E-state index in [9.17, 15) is 14.0 Å². The van der Waals surface area contributed by atoms with Gasteiger partial charge in [-0.15, -0.1) is 0 Å². The summed E-state index contributed by atoms with van der Waals surface area (Å²) < 4.78 is 18.7. The Hall–Kier alpha value is -2.11. The standard InChI is InChI=1S/C17H21FN2O3/c1-11-5-7-17(8-6-11)15(21)20(16(22)19-17)10-12-3-4-14(23-2)13(18)9-12/h3-4,9,11H,5-8,10H2,1-2H3,(H,19,22). The highest BCUT2D eigenvalue weighted by molar-refractivity contribution is 6.07. The van der Waals surface area contributed by atoms with Gasteiger partial charge in [0.25, 0.3) is 5.91 Å². The summed E-state index contributed by atoms with van der Waals surface area (Å²) >= 11 is 0. The van der Waals surface area contributed by atoms with Crippen molar-refractivity contribution in [3.05, 3.63) is 29.6 Å². The molecule has 1 saturated heterocycles. The second kappa shape index (κ2) is 5.83.